The molecule has 6 nitrogen and oxygen atoms in total. The summed E-state index contributed by atoms with van der Waals surface area (Å²) in [5.74, 6) is 0.563. The zero-order chi connectivity index (χ0) is 23.1. The molecule has 1 saturated heterocycles. The number of thioether (sulfide) groups is 1. The zero-order valence-corrected chi connectivity index (χ0v) is 18.9. The van der Waals surface area contributed by atoms with Gasteiger partial charge in [0.2, 0.25) is 12.2 Å². The molecule has 0 saturated carbocycles. The molecule has 1 aliphatic heterocycles. The Kier molecular flexibility index (Phi) is 14.2. The molecule has 0 aliphatic carbocycles. The Morgan fingerprint density at radius 2 is 1.77 bits per heavy atom. The van der Waals surface area contributed by atoms with E-state index >= 15 is 0 Å². The fourth-order valence-corrected chi connectivity index (χ4v) is 3.36. The second-order valence-electron chi connectivity index (χ2n) is 6.28. The SMILES string of the molecule is C#C.C#C.CO.CSc1ccc(Cc2c(O[C@H]3C[C@@H](O)C[C@@H](C)O3)n[nH]c2C)cc1. The Bertz CT molecular complexity index is 740. The lowest BCUT2D eigenvalue weighted by molar-refractivity contribution is -0.171. The van der Waals surface area contributed by atoms with Crippen molar-refractivity contribution < 1.29 is 19.7 Å². The average Bonchev–Trinajstić information content (AvgIpc) is 3.11. The van der Waals surface area contributed by atoms with E-state index in [1.165, 1.54) is 10.5 Å². The average molecular weight is 433 g/mol. The fourth-order valence-electron chi connectivity index (χ4n) is 2.96. The monoisotopic (exact) mass is 432 g/mol. The highest BCUT2D eigenvalue weighted by Crippen LogP contribution is 2.27. The standard InChI is InChI=1S/C18H24N2O3S.2C2H2.CH4O/c1-11-8-14(21)10-17(22-11)23-18-16(12(2)19-20-18)9-13-4-6-15(24-3)7-5-13;3*1-2/h4-7,11,14,17,21H,8-10H2,1-3H3,(H,19,20);2*1-2H;2H,1H3/t11-,14+,17+;;;/m1.../s1. The number of benzene rings is 1. The first kappa shape index (κ1) is 27.6. The van der Waals surface area contributed by atoms with Crippen LogP contribution in [0.25, 0.3) is 0 Å². The summed E-state index contributed by atoms with van der Waals surface area (Å²) in [6.07, 6.45) is 19.1. The maximum absolute atomic E-state index is 9.90. The molecule has 0 bridgehead atoms. The summed E-state index contributed by atoms with van der Waals surface area (Å²) < 4.78 is 11.7. The third kappa shape index (κ3) is 8.52. The van der Waals surface area contributed by atoms with E-state index in [1.54, 1.807) is 11.8 Å². The predicted molar refractivity (Wildman–Crippen MR) is 122 cm³/mol. The smallest absolute Gasteiger partial charge is 0.238 e. The van der Waals surface area contributed by atoms with Crippen molar-refractivity contribution in [2.24, 2.45) is 0 Å². The number of aromatic nitrogens is 2. The van der Waals surface area contributed by atoms with E-state index in [1.807, 2.05) is 13.8 Å². The van der Waals surface area contributed by atoms with Crippen LogP contribution in [0.15, 0.2) is 29.2 Å². The number of nitrogens with zero attached hydrogens (tertiary/aromatic N) is 1. The molecule has 0 spiro atoms. The number of H-pyrrole nitrogens is 1. The van der Waals surface area contributed by atoms with E-state index in [2.05, 4.69) is 66.4 Å². The molecule has 1 aromatic heterocycles. The second kappa shape index (κ2) is 15.4. The molecule has 2 heterocycles. The van der Waals surface area contributed by atoms with E-state index in [0.717, 1.165) is 24.8 Å². The van der Waals surface area contributed by atoms with Crippen molar-refractivity contribution in [3.63, 3.8) is 0 Å². The largest absolute Gasteiger partial charge is 0.446 e. The summed E-state index contributed by atoms with van der Waals surface area (Å²) in [6.45, 7) is 3.94. The van der Waals surface area contributed by atoms with E-state index < -0.39 is 6.29 Å². The summed E-state index contributed by atoms with van der Waals surface area (Å²) in [6, 6.07) is 8.51. The normalized spacial score (nSPS) is 19.6. The van der Waals surface area contributed by atoms with Gasteiger partial charge in [0.25, 0.3) is 0 Å². The fraction of sp³-hybridized carbons (Fsp3) is 0.435. The van der Waals surface area contributed by atoms with Gasteiger partial charge in [-0.15, -0.1) is 42.6 Å². The van der Waals surface area contributed by atoms with Crippen molar-refractivity contribution in [3.05, 3.63) is 41.1 Å². The van der Waals surface area contributed by atoms with E-state index in [-0.39, 0.29) is 12.2 Å². The Morgan fingerprint density at radius 1 is 1.17 bits per heavy atom. The van der Waals surface area contributed by atoms with Crippen molar-refractivity contribution in [3.8, 4) is 31.6 Å². The van der Waals surface area contributed by atoms with Gasteiger partial charge in [0.1, 0.15) is 0 Å². The number of terminal acetylenes is 2. The summed E-state index contributed by atoms with van der Waals surface area (Å²) in [5.41, 5.74) is 3.23. The van der Waals surface area contributed by atoms with E-state index in [0.29, 0.717) is 18.7 Å². The quantitative estimate of drug-likeness (QED) is 0.496. The molecule has 3 rings (SSSR count). The summed E-state index contributed by atoms with van der Waals surface area (Å²) >= 11 is 1.73. The molecule has 0 unspecified atom stereocenters. The molecular formula is C23H32N2O4S. The first-order chi connectivity index (χ1) is 14.5. The van der Waals surface area contributed by atoms with Gasteiger partial charge in [-0.3, -0.25) is 5.10 Å². The van der Waals surface area contributed by atoms with Crippen LogP contribution in [-0.2, 0) is 11.2 Å². The number of ether oxygens (including phenoxy) is 2. The number of aromatic amines is 1. The van der Waals surface area contributed by atoms with Gasteiger partial charge < -0.3 is 19.7 Å². The summed E-state index contributed by atoms with van der Waals surface area (Å²) in [7, 11) is 1.00. The molecule has 1 aromatic carbocycles. The van der Waals surface area contributed by atoms with Crippen LogP contribution in [0, 0.1) is 32.6 Å². The Labute approximate surface area is 184 Å². The lowest BCUT2D eigenvalue weighted by Crippen LogP contribution is -2.37. The summed E-state index contributed by atoms with van der Waals surface area (Å²) in [4.78, 5) is 1.25. The van der Waals surface area contributed by atoms with Crippen molar-refractivity contribution in [1.82, 2.24) is 10.2 Å². The highest BCUT2D eigenvalue weighted by atomic mass is 32.2. The molecule has 30 heavy (non-hydrogen) atoms. The molecule has 7 heteroatoms. The second-order valence-corrected chi connectivity index (χ2v) is 7.16. The van der Waals surface area contributed by atoms with Crippen LogP contribution in [0.4, 0.5) is 0 Å². The molecule has 164 valence electrons. The first-order valence-corrected chi connectivity index (χ1v) is 10.6. The minimum atomic E-state index is -0.455. The van der Waals surface area contributed by atoms with Crippen molar-refractivity contribution in [1.29, 1.82) is 0 Å². The van der Waals surface area contributed by atoms with Gasteiger partial charge in [0, 0.05) is 36.1 Å². The van der Waals surface area contributed by atoms with Crippen LogP contribution in [0.3, 0.4) is 0 Å². The van der Waals surface area contributed by atoms with Gasteiger partial charge in [-0.1, -0.05) is 12.1 Å². The third-order valence-corrected chi connectivity index (χ3v) is 5.02. The number of rotatable bonds is 5. The number of aryl methyl sites for hydroxylation is 1. The molecule has 1 fully saturated rings. The molecular weight excluding hydrogens is 400 g/mol. The topological polar surface area (TPSA) is 87.6 Å². The number of nitrogens with one attached hydrogen (secondary N) is 1. The lowest BCUT2D eigenvalue weighted by Gasteiger charge is -2.30. The number of hydrogen-bond donors (Lipinski definition) is 3. The highest BCUT2D eigenvalue weighted by Gasteiger charge is 2.28. The van der Waals surface area contributed by atoms with Crippen molar-refractivity contribution in [2.75, 3.05) is 13.4 Å². The number of hydrogen-bond acceptors (Lipinski definition) is 6. The highest BCUT2D eigenvalue weighted by molar-refractivity contribution is 7.98. The van der Waals surface area contributed by atoms with Gasteiger partial charge in [-0.2, -0.15) is 0 Å². The van der Waals surface area contributed by atoms with Crippen LogP contribution >= 0.6 is 11.8 Å². The third-order valence-electron chi connectivity index (χ3n) is 4.27. The maximum atomic E-state index is 9.90. The van der Waals surface area contributed by atoms with Crippen molar-refractivity contribution in [2.45, 2.75) is 56.5 Å². The van der Waals surface area contributed by atoms with Gasteiger partial charge >= 0.3 is 0 Å². The Morgan fingerprint density at radius 3 is 2.30 bits per heavy atom. The van der Waals surface area contributed by atoms with Crippen LogP contribution in [-0.4, -0.2) is 52.3 Å². The molecule has 1 aliphatic rings. The minimum absolute atomic E-state index is 0.0127. The number of aliphatic hydroxyl groups is 2. The Hall–Kier alpha value is -2.42. The molecule has 2 aromatic rings. The molecule has 3 atom stereocenters. The van der Waals surface area contributed by atoms with Crippen LogP contribution < -0.4 is 4.74 Å². The summed E-state index contributed by atoms with van der Waals surface area (Å²) in [5, 5.41) is 24.2. The van der Waals surface area contributed by atoms with Crippen LogP contribution in [0.2, 0.25) is 0 Å². The minimum Gasteiger partial charge on any atom is -0.446 e. The molecule has 0 radical (unpaired) electrons. The number of aliphatic hydroxyl groups excluding tert-OH is 2. The van der Waals surface area contributed by atoms with E-state index in [9.17, 15) is 5.11 Å². The maximum Gasteiger partial charge on any atom is 0.238 e. The van der Waals surface area contributed by atoms with Gasteiger partial charge in [0.15, 0.2) is 0 Å². The van der Waals surface area contributed by atoms with E-state index in [4.69, 9.17) is 14.6 Å². The van der Waals surface area contributed by atoms with Crippen LogP contribution in [0.5, 0.6) is 5.88 Å². The lowest BCUT2D eigenvalue weighted by atomic mass is 10.1. The zero-order valence-electron chi connectivity index (χ0n) is 18.0. The van der Waals surface area contributed by atoms with Crippen molar-refractivity contribution >= 4 is 11.8 Å². The van der Waals surface area contributed by atoms with Crippen LogP contribution in [0.1, 0.15) is 36.6 Å². The first-order valence-electron chi connectivity index (χ1n) is 9.33. The Balaban J connectivity index is 0.00000129. The predicted octanol–water partition coefficient (Wildman–Crippen LogP) is 3.40. The van der Waals surface area contributed by atoms with Gasteiger partial charge in [-0.05, 0) is 44.2 Å². The van der Waals surface area contributed by atoms with Gasteiger partial charge in [-0.25, -0.2) is 0 Å². The molecule has 0 amide bonds. The van der Waals surface area contributed by atoms with Gasteiger partial charge in [0.05, 0.1) is 12.2 Å². The molecule has 3 N–H and O–H groups in total.